The zero-order chi connectivity index (χ0) is 8.10. The molecule has 1 fully saturated rings. The van der Waals surface area contributed by atoms with Crippen LogP contribution in [0.5, 0.6) is 0 Å². The summed E-state index contributed by atoms with van der Waals surface area (Å²) in [4.78, 5) is 13.0. The molecule has 3 nitrogen and oxygen atoms in total. The van der Waals surface area contributed by atoms with Crippen LogP contribution in [0.4, 0.5) is 0 Å². The van der Waals surface area contributed by atoms with Gasteiger partial charge in [0.25, 0.3) is 0 Å². The first-order valence-electron chi connectivity index (χ1n) is 3.57. The first-order valence-corrected chi connectivity index (χ1v) is 4.72. The molecule has 0 aliphatic carbocycles. The molecule has 63 valence electrons. The van der Waals surface area contributed by atoms with Gasteiger partial charge in [0.05, 0.1) is 19.0 Å². The highest BCUT2D eigenvalue weighted by atomic mass is 32.2. The molecule has 11 heavy (non-hydrogen) atoms. The predicted octanol–water partition coefficient (Wildman–Crippen LogP) is 0.370. The minimum Gasteiger partial charge on any atom is -0.378 e. The molecular formula is C7H12NO2S. The number of thioether (sulfide) groups is 1. The maximum Gasteiger partial charge on any atom is 0.232 e. The normalized spacial score (nSPS) is 18.5. The Hall–Kier alpha value is -0.220. The molecule has 0 atom stereocenters. The molecule has 1 radical (unpaired) electrons. The maximum absolute atomic E-state index is 11.2. The summed E-state index contributed by atoms with van der Waals surface area (Å²) in [5.74, 6) is 0.660. The first-order chi connectivity index (χ1) is 5.34. The highest BCUT2D eigenvalue weighted by molar-refractivity contribution is 8.01. The smallest absolute Gasteiger partial charge is 0.232 e. The molecule has 0 N–H and O–H groups in total. The molecule has 1 saturated heterocycles. The summed E-state index contributed by atoms with van der Waals surface area (Å²) in [7, 11) is 0. The second-order valence-electron chi connectivity index (χ2n) is 2.34. The Kier molecular flexibility index (Phi) is 3.72. The van der Waals surface area contributed by atoms with Crippen LogP contribution in [0.3, 0.4) is 0 Å². The summed E-state index contributed by atoms with van der Waals surface area (Å²) in [5.41, 5.74) is 0. The third-order valence-electron chi connectivity index (χ3n) is 1.59. The van der Waals surface area contributed by atoms with E-state index in [-0.39, 0.29) is 5.91 Å². The number of hydrogen-bond acceptors (Lipinski definition) is 3. The van der Waals surface area contributed by atoms with Crippen LogP contribution in [-0.2, 0) is 9.53 Å². The number of carbonyl (C=O) groups is 1. The molecule has 0 aromatic rings. The lowest BCUT2D eigenvalue weighted by Crippen LogP contribution is -2.41. The van der Waals surface area contributed by atoms with Crippen molar-refractivity contribution in [1.29, 1.82) is 0 Å². The highest BCUT2D eigenvalue weighted by Crippen LogP contribution is 2.02. The van der Waals surface area contributed by atoms with E-state index >= 15 is 0 Å². The summed E-state index contributed by atoms with van der Waals surface area (Å²) < 4.78 is 5.11. The lowest BCUT2D eigenvalue weighted by Gasteiger charge is -2.26. The zero-order valence-electron chi connectivity index (χ0n) is 6.41. The van der Waals surface area contributed by atoms with Crippen molar-refractivity contribution in [2.75, 3.05) is 32.1 Å². The van der Waals surface area contributed by atoms with Crippen molar-refractivity contribution in [3.05, 3.63) is 6.26 Å². The van der Waals surface area contributed by atoms with Crippen LogP contribution in [0.25, 0.3) is 0 Å². The van der Waals surface area contributed by atoms with E-state index in [1.54, 1.807) is 0 Å². The summed E-state index contributed by atoms with van der Waals surface area (Å²) >= 11 is 1.32. The van der Waals surface area contributed by atoms with Crippen molar-refractivity contribution >= 4 is 17.7 Å². The molecular weight excluding hydrogens is 162 g/mol. The fourth-order valence-corrected chi connectivity index (χ4v) is 1.35. The van der Waals surface area contributed by atoms with Crippen molar-refractivity contribution in [2.45, 2.75) is 0 Å². The van der Waals surface area contributed by atoms with Gasteiger partial charge >= 0.3 is 0 Å². The van der Waals surface area contributed by atoms with E-state index in [4.69, 9.17) is 4.74 Å². The first kappa shape index (κ1) is 8.87. The van der Waals surface area contributed by atoms with Gasteiger partial charge in [-0.25, -0.2) is 0 Å². The summed E-state index contributed by atoms with van der Waals surface area (Å²) in [5, 5.41) is 0. The monoisotopic (exact) mass is 174 g/mol. The van der Waals surface area contributed by atoms with E-state index < -0.39 is 0 Å². The van der Waals surface area contributed by atoms with Gasteiger partial charge in [-0.15, -0.1) is 0 Å². The Morgan fingerprint density at radius 2 is 2.18 bits per heavy atom. The largest absolute Gasteiger partial charge is 0.378 e. The maximum atomic E-state index is 11.2. The molecule has 0 bridgehead atoms. The minimum absolute atomic E-state index is 0.174. The van der Waals surface area contributed by atoms with Gasteiger partial charge in [0.1, 0.15) is 0 Å². The second-order valence-corrected chi connectivity index (χ2v) is 3.04. The summed E-state index contributed by atoms with van der Waals surface area (Å²) in [6, 6.07) is 0. The standard InChI is InChI=1S/C7H12NO2S/c1-11-6-7(9)8-2-4-10-5-3-8/h1-6H2. The van der Waals surface area contributed by atoms with Crippen LogP contribution in [0.2, 0.25) is 0 Å². The Labute approximate surface area is 71.1 Å². The fraction of sp³-hybridized carbons (Fsp3) is 0.714. The highest BCUT2D eigenvalue weighted by Gasteiger charge is 2.15. The van der Waals surface area contributed by atoms with Crippen LogP contribution in [-0.4, -0.2) is 42.9 Å². The number of nitrogens with zero attached hydrogens (tertiary/aromatic N) is 1. The van der Waals surface area contributed by atoms with E-state index in [0.29, 0.717) is 19.0 Å². The molecule has 1 aliphatic heterocycles. The van der Waals surface area contributed by atoms with E-state index in [1.165, 1.54) is 11.8 Å². The van der Waals surface area contributed by atoms with Gasteiger partial charge in [0.15, 0.2) is 0 Å². The average molecular weight is 174 g/mol. The van der Waals surface area contributed by atoms with Gasteiger partial charge in [-0.2, -0.15) is 11.8 Å². The third-order valence-corrected chi connectivity index (χ3v) is 2.04. The molecule has 0 saturated carbocycles. The number of rotatable bonds is 2. The minimum atomic E-state index is 0.174. The molecule has 0 aromatic heterocycles. The predicted molar refractivity (Wildman–Crippen MR) is 45.2 cm³/mol. The Balaban J connectivity index is 2.27. The molecule has 1 amide bonds. The number of amides is 1. The number of carbonyl (C=O) groups excluding carboxylic acids is 1. The lowest BCUT2D eigenvalue weighted by atomic mass is 10.4. The molecule has 4 heteroatoms. The van der Waals surface area contributed by atoms with Crippen LogP contribution in [0.1, 0.15) is 0 Å². The van der Waals surface area contributed by atoms with E-state index in [9.17, 15) is 4.79 Å². The Bertz CT molecular complexity index is 134. The lowest BCUT2D eigenvalue weighted by molar-refractivity contribution is -0.132. The van der Waals surface area contributed by atoms with Crippen molar-refractivity contribution in [2.24, 2.45) is 0 Å². The molecule has 0 spiro atoms. The van der Waals surface area contributed by atoms with Gasteiger partial charge in [0, 0.05) is 19.3 Å². The van der Waals surface area contributed by atoms with Crippen LogP contribution >= 0.6 is 11.8 Å². The number of morpholine rings is 1. The number of hydrogen-bond donors (Lipinski definition) is 0. The quantitative estimate of drug-likeness (QED) is 0.606. The Morgan fingerprint density at radius 1 is 1.55 bits per heavy atom. The van der Waals surface area contributed by atoms with Crippen LogP contribution in [0, 0.1) is 6.26 Å². The summed E-state index contributed by atoms with van der Waals surface area (Å²) in [6.45, 7) is 2.82. The van der Waals surface area contributed by atoms with Crippen LogP contribution < -0.4 is 0 Å². The molecule has 0 aromatic carbocycles. The van der Waals surface area contributed by atoms with E-state index in [0.717, 1.165) is 13.1 Å². The van der Waals surface area contributed by atoms with Gasteiger partial charge in [-0.1, -0.05) is 0 Å². The van der Waals surface area contributed by atoms with Crippen molar-refractivity contribution < 1.29 is 9.53 Å². The van der Waals surface area contributed by atoms with E-state index in [1.807, 2.05) is 4.90 Å². The van der Waals surface area contributed by atoms with Gasteiger partial charge < -0.3 is 9.64 Å². The fourth-order valence-electron chi connectivity index (χ4n) is 0.991. The average Bonchev–Trinajstić information content (AvgIpc) is 2.07. The molecule has 1 heterocycles. The van der Waals surface area contributed by atoms with Crippen LogP contribution in [0.15, 0.2) is 0 Å². The van der Waals surface area contributed by atoms with Gasteiger partial charge in [-0.3, -0.25) is 4.79 Å². The van der Waals surface area contributed by atoms with Crippen molar-refractivity contribution in [3.63, 3.8) is 0 Å². The van der Waals surface area contributed by atoms with Gasteiger partial charge in [-0.05, 0) is 0 Å². The molecule has 1 rings (SSSR count). The number of ether oxygens (including phenoxy) is 1. The SMILES string of the molecule is [CH2]SCC(=O)N1CCOCC1. The summed E-state index contributed by atoms with van der Waals surface area (Å²) in [6.07, 6.45) is 3.56. The van der Waals surface area contributed by atoms with E-state index in [2.05, 4.69) is 6.26 Å². The zero-order valence-corrected chi connectivity index (χ0v) is 7.23. The third kappa shape index (κ3) is 2.71. The van der Waals surface area contributed by atoms with Crippen molar-refractivity contribution in [3.8, 4) is 0 Å². The van der Waals surface area contributed by atoms with Crippen molar-refractivity contribution in [1.82, 2.24) is 4.90 Å². The molecule has 1 aliphatic rings. The molecule has 0 unspecified atom stereocenters. The topological polar surface area (TPSA) is 29.5 Å². The van der Waals surface area contributed by atoms with Gasteiger partial charge in [0.2, 0.25) is 5.91 Å². The second kappa shape index (κ2) is 4.62. The Morgan fingerprint density at radius 3 is 2.73 bits per heavy atom.